The van der Waals surface area contributed by atoms with Crippen LogP contribution >= 0.6 is 0 Å². The van der Waals surface area contributed by atoms with Crippen molar-refractivity contribution in [3.63, 3.8) is 0 Å². The number of anilines is 2. The summed E-state index contributed by atoms with van der Waals surface area (Å²) in [6, 6.07) is 18.5. The summed E-state index contributed by atoms with van der Waals surface area (Å²) in [5.74, 6) is -1.15. The zero-order valence-corrected chi connectivity index (χ0v) is 15.5. The molecule has 0 saturated carbocycles. The number of esters is 1. The van der Waals surface area contributed by atoms with E-state index in [1.165, 1.54) is 19.4 Å². The maximum Gasteiger partial charge on any atom is 0.339 e. The van der Waals surface area contributed by atoms with Crippen molar-refractivity contribution in [1.82, 2.24) is 0 Å². The third-order valence-electron chi connectivity index (χ3n) is 4.22. The van der Waals surface area contributed by atoms with Crippen molar-refractivity contribution in [2.45, 2.75) is 0 Å². The normalized spacial score (nSPS) is 10.8. The number of para-hydroxylation sites is 1. The van der Waals surface area contributed by atoms with Crippen molar-refractivity contribution in [2.75, 3.05) is 17.7 Å². The van der Waals surface area contributed by atoms with Gasteiger partial charge in [0.1, 0.15) is 17.4 Å². The van der Waals surface area contributed by atoms with Crippen molar-refractivity contribution >= 4 is 34.0 Å². The van der Waals surface area contributed by atoms with Crippen LogP contribution in [0, 0.1) is 11.3 Å². The predicted octanol–water partition coefficient (Wildman–Crippen LogP) is 3.79. The highest BCUT2D eigenvalue weighted by molar-refractivity contribution is 6.10. The van der Waals surface area contributed by atoms with Crippen LogP contribution < -0.4 is 10.6 Å². The Morgan fingerprint density at radius 3 is 2.45 bits per heavy atom. The van der Waals surface area contributed by atoms with E-state index < -0.39 is 11.9 Å². The van der Waals surface area contributed by atoms with Crippen LogP contribution in [-0.4, -0.2) is 24.1 Å². The van der Waals surface area contributed by atoms with Crippen LogP contribution in [0.4, 0.5) is 11.4 Å². The molecule has 0 heterocycles. The quantitative estimate of drug-likeness (QED) is 0.349. The lowest BCUT2D eigenvalue weighted by atomic mass is 10.1. The average molecular weight is 387 g/mol. The van der Waals surface area contributed by atoms with Gasteiger partial charge in [0.25, 0.3) is 5.91 Å². The first-order valence-corrected chi connectivity index (χ1v) is 8.61. The number of rotatable bonds is 5. The van der Waals surface area contributed by atoms with E-state index in [1.807, 2.05) is 12.1 Å². The van der Waals surface area contributed by atoms with Crippen LogP contribution in [0.25, 0.3) is 10.8 Å². The minimum atomic E-state index is -0.681. The number of methoxy groups -OCH3 is 1. The summed E-state index contributed by atoms with van der Waals surface area (Å²) >= 11 is 0. The Morgan fingerprint density at radius 2 is 1.69 bits per heavy atom. The third-order valence-corrected chi connectivity index (χ3v) is 4.22. The van der Waals surface area contributed by atoms with Crippen LogP contribution in [0.1, 0.15) is 10.4 Å². The molecule has 0 atom stereocenters. The molecule has 29 heavy (non-hydrogen) atoms. The number of ether oxygens (including phenoxy) is 1. The van der Waals surface area contributed by atoms with Gasteiger partial charge < -0.3 is 20.5 Å². The summed E-state index contributed by atoms with van der Waals surface area (Å²) in [6.45, 7) is 0. The number of hydrogen-bond donors (Lipinski definition) is 3. The van der Waals surface area contributed by atoms with E-state index in [0.717, 1.165) is 5.39 Å². The monoisotopic (exact) mass is 387 g/mol. The maximum absolute atomic E-state index is 12.5. The molecule has 7 nitrogen and oxygen atoms in total. The number of carbonyl (C=O) groups excluding carboxylic acids is 2. The Labute approximate surface area is 166 Å². The van der Waals surface area contributed by atoms with Gasteiger partial charge in [0.15, 0.2) is 0 Å². The topological polar surface area (TPSA) is 111 Å². The molecule has 0 radical (unpaired) electrons. The number of aromatic hydroxyl groups is 1. The largest absolute Gasteiger partial charge is 0.507 e. The van der Waals surface area contributed by atoms with Crippen LogP contribution in [0.2, 0.25) is 0 Å². The summed E-state index contributed by atoms with van der Waals surface area (Å²) in [5.41, 5.74) is 0.842. The Hall–Kier alpha value is -4.31. The number of nitrogens with one attached hydrogen (secondary N) is 2. The van der Waals surface area contributed by atoms with Crippen LogP contribution in [0.15, 0.2) is 72.4 Å². The van der Waals surface area contributed by atoms with Crippen LogP contribution in [0.5, 0.6) is 5.75 Å². The molecule has 3 aromatic rings. The Morgan fingerprint density at radius 1 is 1.00 bits per heavy atom. The smallest absolute Gasteiger partial charge is 0.339 e. The van der Waals surface area contributed by atoms with E-state index in [-0.39, 0.29) is 22.6 Å². The highest BCUT2D eigenvalue weighted by atomic mass is 16.5. The lowest BCUT2D eigenvalue weighted by Gasteiger charge is -2.10. The van der Waals surface area contributed by atoms with Gasteiger partial charge in [-0.15, -0.1) is 0 Å². The van der Waals surface area contributed by atoms with Crippen molar-refractivity contribution in [2.24, 2.45) is 0 Å². The van der Waals surface area contributed by atoms with Gasteiger partial charge in [0.05, 0.1) is 18.4 Å². The van der Waals surface area contributed by atoms with E-state index in [2.05, 4.69) is 10.6 Å². The SMILES string of the molecule is COC(=O)c1ccccc1NC(=O)/C(C#N)=C\Nc1cccc2c(O)cccc12. The molecule has 0 bridgehead atoms. The van der Waals surface area contributed by atoms with Crippen molar-refractivity contribution in [3.05, 3.63) is 78.0 Å². The number of fused-ring (bicyclic) bond motifs is 1. The van der Waals surface area contributed by atoms with E-state index in [9.17, 15) is 20.0 Å². The van der Waals surface area contributed by atoms with E-state index in [0.29, 0.717) is 11.1 Å². The van der Waals surface area contributed by atoms with E-state index in [4.69, 9.17) is 4.74 Å². The summed E-state index contributed by atoms with van der Waals surface area (Å²) in [4.78, 5) is 24.3. The summed E-state index contributed by atoms with van der Waals surface area (Å²) in [7, 11) is 1.24. The second kappa shape index (κ2) is 8.59. The molecule has 3 aromatic carbocycles. The first kappa shape index (κ1) is 19.5. The van der Waals surface area contributed by atoms with Crippen molar-refractivity contribution in [3.8, 4) is 11.8 Å². The Kier molecular flexibility index (Phi) is 5.76. The highest BCUT2D eigenvalue weighted by Gasteiger charge is 2.16. The molecule has 7 heteroatoms. The number of amides is 1. The molecule has 0 fully saturated rings. The van der Waals surface area contributed by atoms with Gasteiger partial charge in [-0.05, 0) is 24.3 Å². The molecule has 0 aliphatic rings. The maximum atomic E-state index is 12.5. The first-order valence-electron chi connectivity index (χ1n) is 8.61. The molecule has 0 unspecified atom stereocenters. The minimum absolute atomic E-state index is 0.132. The van der Waals surface area contributed by atoms with Gasteiger partial charge in [-0.3, -0.25) is 4.79 Å². The Bertz CT molecular complexity index is 1160. The van der Waals surface area contributed by atoms with E-state index >= 15 is 0 Å². The zero-order valence-electron chi connectivity index (χ0n) is 15.5. The van der Waals surface area contributed by atoms with Crippen molar-refractivity contribution < 1.29 is 19.4 Å². The molecule has 0 saturated heterocycles. The predicted molar refractivity (Wildman–Crippen MR) is 109 cm³/mol. The number of phenolic OH excluding ortho intramolecular Hbond substituents is 1. The fourth-order valence-corrected chi connectivity index (χ4v) is 2.79. The van der Waals surface area contributed by atoms with Gasteiger partial charge in [-0.1, -0.05) is 36.4 Å². The molecular formula is C22H17N3O4. The second-order valence-electron chi connectivity index (χ2n) is 5.98. The van der Waals surface area contributed by atoms with Gasteiger partial charge in [0.2, 0.25) is 0 Å². The second-order valence-corrected chi connectivity index (χ2v) is 5.98. The standard InChI is InChI=1S/C22H17N3O4/c1-29-22(28)17-6-2-3-9-19(17)25-21(27)14(12-23)13-24-18-10-4-8-16-15(18)7-5-11-20(16)26/h2-11,13,24,26H,1H3,(H,25,27)/b14-13-. The summed E-state index contributed by atoms with van der Waals surface area (Å²) in [5, 5.41) is 26.2. The Balaban J connectivity index is 1.85. The lowest BCUT2D eigenvalue weighted by molar-refractivity contribution is -0.112. The number of benzene rings is 3. The number of nitrogens with zero attached hydrogens (tertiary/aromatic N) is 1. The van der Waals surface area contributed by atoms with Gasteiger partial charge >= 0.3 is 5.97 Å². The fraction of sp³-hybridized carbons (Fsp3) is 0.0455. The molecule has 144 valence electrons. The van der Waals surface area contributed by atoms with Crippen LogP contribution in [0.3, 0.4) is 0 Å². The van der Waals surface area contributed by atoms with Gasteiger partial charge in [-0.2, -0.15) is 5.26 Å². The lowest BCUT2D eigenvalue weighted by Crippen LogP contribution is -2.17. The summed E-state index contributed by atoms with van der Waals surface area (Å²) in [6.07, 6.45) is 1.27. The fourth-order valence-electron chi connectivity index (χ4n) is 2.79. The molecule has 0 spiro atoms. The molecule has 3 N–H and O–H groups in total. The zero-order chi connectivity index (χ0) is 20.8. The summed E-state index contributed by atoms with van der Waals surface area (Å²) < 4.78 is 4.70. The molecule has 3 rings (SSSR count). The van der Waals surface area contributed by atoms with Crippen LogP contribution in [-0.2, 0) is 9.53 Å². The van der Waals surface area contributed by atoms with Gasteiger partial charge in [-0.25, -0.2) is 4.79 Å². The molecule has 1 amide bonds. The molecule has 0 aliphatic heterocycles. The van der Waals surface area contributed by atoms with E-state index in [1.54, 1.807) is 48.5 Å². The average Bonchev–Trinajstić information content (AvgIpc) is 2.74. The van der Waals surface area contributed by atoms with Gasteiger partial charge in [0, 0.05) is 22.7 Å². The number of phenols is 1. The molecule has 0 aromatic heterocycles. The third kappa shape index (κ3) is 4.17. The molecular weight excluding hydrogens is 370 g/mol. The number of carbonyl (C=O) groups is 2. The number of hydrogen-bond acceptors (Lipinski definition) is 6. The van der Waals surface area contributed by atoms with Crippen molar-refractivity contribution in [1.29, 1.82) is 5.26 Å². The number of nitriles is 1. The first-order chi connectivity index (χ1) is 14.0. The molecule has 0 aliphatic carbocycles. The minimum Gasteiger partial charge on any atom is -0.507 e. The highest BCUT2D eigenvalue weighted by Crippen LogP contribution is 2.29.